The van der Waals surface area contributed by atoms with Gasteiger partial charge in [0, 0.05) is 31.7 Å². The van der Waals surface area contributed by atoms with Gasteiger partial charge in [-0.15, -0.1) is 0 Å². The maximum absolute atomic E-state index is 13.2. The zero-order valence-electron chi connectivity index (χ0n) is 25.3. The van der Waals surface area contributed by atoms with Gasteiger partial charge in [-0.05, 0) is 71.0 Å². The van der Waals surface area contributed by atoms with E-state index in [9.17, 15) is 34.9 Å². The lowest BCUT2D eigenvalue weighted by atomic mass is 10.1. The van der Waals surface area contributed by atoms with Gasteiger partial charge >= 0.3 is 29.4 Å². The van der Waals surface area contributed by atoms with Crippen molar-refractivity contribution >= 4 is 23.5 Å². The molecule has 0 spiro atoms. The van der Waals surface area contributed by atoms with Gasteiger partial charge in [-0.3, -0.25) is 19.7 Å². The van der Waals surface area contributed by atoms with Crippen LogP contribution in [0, 0.1) is 21.4 Å². The molecule has 0 aliphatic heterocycles. The Hall–Kier alpha value is -5.78. The van der Waals surface area contributed by atoms with E-state index in [1.54, 1.807) is 24.8 Å². The molecule has 0 bridgehead atoms. The molecule has 0 radical (unpaired) electrons. The molecule has 1 N–H and O–H groups in total. The number of carbonyl (C=O) groups is 3. The number of ether oxygens (including phenoxy) is 3. The van der Waals surface area contributed by atoms with Crippen molar-refractivity contribution in [3.05, 3.63) is 69.3 Å². The van der Waals surface area contributed by atoms with Crippen LogP contribution < -0.4 is 14.2 Å². The van der Waals surface area contributed by atoms with Crippen LogP contribution in [0.1, 0.15) is 60.9 Å². The molecule has 3 aromatic rings. The van der Waals surface area contributed by atoms with Crippen LogP contribution in [0.2, 0.25) is 0 Å². The number of carbonyl (C=O) groups excluding carboxylic acids is 2. The number of hydrogen-bond acceptors (Lipinski definition) is 11. The molecular weight excluding hydrogens is 588 g/mol. The van der Waals surface area contributed by atoms with Crippen molar-refractivity contribution in [2.45, 2.75) is 40.7 Å². The highest BCUT2D eigenvalue weighted by Crippen LogP contribution is 2.40. The monoisotopic (exact) mass is 620 g/mol. The molecule has 0 aliphatic carbocycles. The fourth-order valence-corrected chi connectivity index (χ4v) is 4.10. The predicted octanol–water partition coefficient (Wildman–Crippen LogP) is 4.66. The number of aromatic nitrogens is 2. The van der Waals surface area contributed by atoms with E-state index < -0.39 is 46.4 Å². The summed E-state index contributed by atoms with van der Waals surface area (Å²) in [6.45, 7) is 10.00. The highest BCUT2D eigenvalue weighted by atomic mass is 16.6. The summed E-state index contributed by atoms with van der Waals surface area (Å²) in [5.74, 6) is -3.81. The van der Waals surface area contributed by atoms with E-state index >= 15 is 0 Å². The van der Waals surface area contributed by atoms with E-state index in [1.165, 1.54) is 41.3 Å². The van der Waals surface area contributed by atoms with E-state index in [2.05, 4.69) is 9.97 Å². The number of carboxylic acid groups (broad SMARTS) is 1. The third kappa shape index (κ3) is 7.99. The minimum absolute atomic E-state index is 0.0122. The normalized spacial score (nSPS) is 11.1. The minimum Gasteiger partial charge on any atom is -0.479 e. The molecule has 45 heavy (non-hydrogen) atoms. The predicted molar refractivity (Wildman–Crippen MR) is 159 cm³/mol. The summed E-state index contributed by atoms with van der Waals surface area (Å²) >= 11 is 0. The summed E-state index contributed by atoms with van der Waals surface area (Å²) in [5, 5.41) is 31.0. The van der Waals surface area contributed by atoms with Crippen molar-refractivity contribution in [1.29, 1.82) is 5.26 Å². The van der Waals surface area contributed by atoms with Crippen LogP contribution in [0.3, 0.4) is 0 Å². The third-order valence-electron chi connectivity index (χ3n) is 6.56. The topological polar surface area (TPSA) is 198 Å². The smallest absolute Gasteiger partial charge is 0.392 e. The molecule has 2 amide bonds. The second kappa shape index (κ2) is 15.1. The fourth-order valence-electron chi connectivity index (χ4n) is 4.10. The minimum atomic E-state index is -1.59. The van der Waals surface area contributed by atoms with Crippen molar-refractivity contribution < 1.29 is 38.6 Å². The van der Waals surface area contributed by atoms with E-state index in [0.717, 1.165) is 6.92 Å². The lowest BCUT2D eigenvalue weighted by Crippen LogP contribution is -2.30. The van der Waals surface area contributed by atoms with Crippen LogP contribution in [0.15, 0.2) is 42.5 Å². The molecule has 1 heterocycles. The van der Waals surface area contributed by atoms with Gasteiger partial charge in [0.1, 0.15) is 11.5 Å². The van der Waals surface area contributed by atoms with Crippen LogP contribution >= 0.6 is 0 Å². The first-order chi connectivity index (χ1) is 21.5. The van der Waals surface area contributed by atoms with E-state index in [0.29, 0.717) is 26.2 Å². The average Bonchev–Trinajstić information content (AvgIpc) is 3.01. The lowest BCUT2D eigenvalue weighted by molar-refractivity contribution is -0.387. The van der Waals surface area contributed by atoms with E-state index in [4.69, 9.17) is 14.2 Å². The summed E-state index contributed by atoms with van der Waals surface area (Å²) in [6.07, 6.45) is -1.59. The zero-order chi connectivity index (χ0) is 33.3. The summed E-state index contributed by atoms with van der Waals surface area (Å²) < 4.78 is 16.9. The maximum Gasteiger partial charge on any atom is 0.392 e. The third-order valence-corrected chi connectivity index (χ3v) is 6.56. The molecular formula is C30H32N6O9. The van der Waals surface area contributed by atoms with Crippen LogP contribution in [0.4, 0.5) is 5.69 Å². The van der Waals surface area contributed by atoms with Gasteiger partial charge in [0.25, 0.3) is 11.8 Å². The number of carboxylic acids is 1. The number of nitro groups is 1. The average molecular weight is 621 g/mol. The standard InChI is InChI=1S/C30H32N6O9/c1-6-34(7-2)27(37)20-11-10-12-21(16-20)44-26-24(36(41)42)25(43-18(5)29(39)40)32-30(33-26)45-23-15-19(17-31)13-14-22(23)28(38)35(8-3)9-4/h10-16,18H,6-9H2,1-5H3,(H,39,40). The van der Waals surface area contributed by atoms with Crippen molar-refractivity contribution in [2.24, 2.45) is 0 Å². The number of hydrogen-bond donors (Lipinski definition) is 1. The maximum atomic E-state index is 13.2. The largest absolute Gasteiger partial charge is 0.479 e. The second-order valence-corrected chi connectivity index (χ2v) is 9.33. The molecule has 0 saturated heterocycles. The van der Waals surface area contributed by atoms with Crippen LogP contribution in [-0.4, -0.2) is 79.9 Å². The van der Waals surface area contributed by atoms with Crippen molar-refractivity contribution in [3.8, 4) is 35.3 Å². The summed E-state index contributed by atoms with van der Waals surface area (Å²) in [7, 11) is 0. The second-order valence-electron chi connectivity index (χ2n) is 9.33. The number of benzene rings is 2. The Kier molecular flexibility index (Phi) is 11.3. The number of amides is 2. The summed E-state index contributed by atoms with van der Waals surface area (Å²) in [5.41, 5.74) is -0.495. The van der Waals surface area contributed by atoms with Gasteiger partial charge in [-0.1, -0.05) is 6.07 Å². The number of rotatable bonds is 14. The molecule has 0 fully saturated rings. The SMILES string of the molecule is CCN(CC)C(=O)c1cccc(Oc2nc(Oc3cc(C#N)ccc3C(=O)N(CC)CC)nc(OC(C)C(=O)O)c2[N+](=O)[O-])c1. The Morgan fingerprint density at radius 1 is 0.956 bits per heavy atom. The highest BCUT2D eigenvalue weighted by Gasteiger charge is 2.32. The van der Waals surface area contributed by atoms with Gasteiger partial charge in [-0.25, -0.2) is 4.79 Å². The van der Waals surface area contributed by atoms with Crippen molar-refractivity contribution in [2.75, 3.05) is 26.2 Å². The first kappa shape index (κ1) is 33.7. The van der Waals surface area contributed by atoms with Gasteiger partial charge < -0.3 is 29.1 Å². The lowest BCUT2D eigenvalue weighted by Gasteiger charge is -2.20. The summed E-state index contributed by atoms with van der Waals surface area (Å²) in [4.78, 5) is 60.0. The molecule has 236 valence electrons. The Balaban J connectivity index is 2.19. The molecule has 1 unspecified atom stereocenters. The highest BCUT2D eigenvalue weighted by molar-refractivity contribution is 5.97. The molecule has 0 aliphatic rings. The first-order valence-electron chi connectivity index (χ1n) is 14.0. The molecule has 1 atom stereocenters. The van der Waals surface area contributed by atoms with E-state index in [1.807, 2.05) is 19.9 Å². The number of aliphatic carboxylic acids is 1. The molecule has 15 heteroatoms. The number of nitrogens with zero attached hydrogens (tertiary/aromatic N) is 6. The summed E-state index contributed by atoms with van der Waals surface area (Å²) in [6, 6.07) is 11.3. The van der Waals surface area contributed by atoms with Crippen LogP contribution in [0.25, 0.3) is 0 Å². The Morgan fingerprint density at radius 3 is 2.16 bits per heavy atom. The molecule has 0 saturated carbocycles. The number of nitriles is 1. The quantitative estimate of drug-likeness (QED) is 0.193. The molecule has 2 aromatic carbocycles. The molecule has 3 rings (SSSR count). The van der Waals surface area contributed by atoms with Gasteiger partial charge in [-0.2, -0.15) is 15.2 Å². The van der Waals surface area contributed by atoms with E-state index in [-0.39, 0.29) is 34.1 Å². The Labute approximate surface area is 258 Å². The molecule has 1 aromatic heterocycles. The molecule has 15 nitrogen and oxygen atoms in total. The Morgan fingerprint density at radius 2 is 1.58 bits per heavy atom. The zero-order valence-corrected chi connectivity index (χ0v) is 25.3. The van der Waals surface area contributed by atoms with Gasteiger partial charge in [0.05, 0.1) is 22.1 Å². The van der Waals surface area contributed by atoms with Crippen molar-refractivity contribution in [1.82, 2.24) is 19.8 Å². The first-order valence-corrected chi connectivity index (χ1v) is 14.0. The van der Waals surface area contributed by atoms with Gasteiger partial charge in [0.15, 0.2) is 6.10 Å². The Bertz CT molecular complexity index is 1630. The van der Waals surface area contributed by atoms with Gasteiger partial charge in [0.2, 0.25) is 0 Å². The fraction of sp³-hybridized carbons (Fsp3) is 0.333. The van der Waals surface area contributed by atoms with Crippen LogP contribution in [0.5, 0.6) is 29.3 Å². The van der Waals surface area contributed by atoms with Crippen LogP contribution in [-0.2, 0) is 4.79 Å². The van der Waals surface area contributed by atoms with Crippen molar-refractivity contribution in [3.63, 3.8) is 0 Å².